The van der Waals surface area contributed by atoms with Gasteiger partial charge in [0.15, 0.2) is 0 Å². The van der Waals surface area contributed by atoms with E-state index in [1.807, 2.05) is 26.0 Å². The lowest BCUT2D eigenvalue weighted by Gasteiger charge is -2.35. The Balaban J connectivity index is 2.55. The summed E-state index contributed by atoms with van der Waals surface area (Å²) in [5, 5.41) is 0. The number of halogens is 4. The first-order valence-electron chi connectivity index (χ1n) is 6.77. The van der Waals surface area contributed by atoms with Crippen LogP contribution in [-0.2, 0) is 6.42 Å². The lowest BCUT2D eigenvalue weighted by molar-refractivity contribution is -0.0355. The van der Waals surface area contributed by atoms with Crippen molar-refractivity contribution in [3.05, 3.63) is 34.2 Å². The van der Waals surface area contributed by atoms with E-state index in [0.717, 1.165) is 30.4 Å². The summed E-state index contributed by atoms with van der Waals surface area (Å²) in [5.41, 5.74) is -2.54. The quantitative estimate of drug-likeness (QED) is 0.550. The van der Waals surface area contributed by atoms with Crippen LogP contribution in [0, 0.1) is 0 Å². The first-order valence-corrected chi connectivity index (χ1v) is 10.2. The highest BCUT2D eigenvalue weighted by atomic mass is 79.9. The third kappa shape index (κ3) is 2.54. The van der Waals surface area contributed by atoms with Crippen molar-refractivity contribution in [1.82, 2.24) is 0 Å². The van der Waals surface area contributed by atoms with Crippen molar-refractivity contribution < 1.29 is 13.2 Å². The second kappa shape index (κ2) is 5.76. The molecule has 5 heteroatoms. The van der Waals surface area contributed by atoms with E-state index < -0.39 is 14.0 Å². The SMILES string of the molecule is CCCC1=Cc2ccc(CCC)cc2S1(Br)C(F)(F)F. The average molecular weight is 367 g/mol. The molecular formula is C15H18BrF3S. The molecule has 0 N–H and O–H groups in total. The van der Waals surface area contributed by atoms with Crippen molar-refractivity contribution in [1.29, 1.82) is 0 Å². The number of allylic oxidation sites excluding steroid dienone is 1. The van der Waals surface area contributed by atoms with Gasteiger partial charge in [-0.15, -0.1) is 0 Å². The molecule has 0 bridgehead atoms. The van der Waals surface area contributed by atoms with Gasteiger partial charge in [-0.05, 0) is 64.3 Å². The topological polar surface area (TPSA) is 0 Å². The summed E-state index contributed by atoms with van der Waals surface area (Å²) in [7, 11) is -3.05. The van der Waals surface area contributed by atoms with Gasteiger partial charge < -0.3 is 0 Å². The Hall–Kier alpha value is -0.420. The maximum atomic E-state index is 13.7. The highest BCUT2D eigenvalue weighted by Crippen LogP contribution is 2.81. The van der Waals surface area contributed by atoms with Gasteiger partial charge in [0.05, 0.1) is 0 Å². The third-order valence-electron chi connectivity index (χ3n) is 3.41. The van der Waals surface area contributed by atoms with Crippen LogP contribution >= 0.6 is 23.3 Å². The molecule has 112 valence electrons. The van der Waals surface area contributed by atoms with Crippen LogP contribution in [0.1, 0.15) is 44.2 Å². The second-order valence-electron chi connectivity index (χ2n) is 4.97. The molecule has 1 aromatic rings. The molecular weight excluding hydrogens is 349 g/mol. The number of benzene rings is 1. The monoisotopic (exact) mass is 366 g/mol. The Labute approximate surface area is 127 Å². The van der Waals surface area contributed by atoms with Crippen LogP contribution < -0.4 is 0 Å². The standard InChI is InChI=1S/C15H18BrF3S/c1-3-5-11-7-8-12-10-13(6-4-2)20(16,14(12)9-11)15(17,18)19/h7-10H,3-6H2,1-2H3. The van der Waals surface area contributed by atoms with Crippen LogP contribution in [0.2, 0.25) is 0 Å². The van der Waals surface area contributed by atoms with Crippen LogP contribution in [0.15, 0.2) is 28.0 Å². The molecule has 1 heterocycles. The van der Waals surface area contributed by atoms with Crippen molar-refractivity contribution in [2.75, 3.05) is 0 Å². The van der Waals surface area contributed by atoms with Gasteiger partial charge in [0.25, 0.3) is 0 Å². The van der Waals surface area contributed by atoms with Crippen molar-refractivity contribution in [2.24, 2.45) is 0 Å². The Morgan fingerprint density at radius 1 is 1.10 bits per heavy atom. The molecule has 0 nitrogen and oxygen atoms in total. The van der Waals surface area contributed by atoms with E-state index in [9.17, 15) is 13.2 Å². The van der Waals surface area contributed by atoms with E-state index in [1.165, 1.54) is 0 Å². The minimum Gasteiger partial charge on any atom is -0.160 e. The van der Waals surface area contributed by atoms with Gasteiger partial charge in [0, 0.05) is 4.90 Å². The predicted octanol–water partition coefficient (Wildman–Crippen LogP) is 6.79. The number of hydrogen-bond acceptors (Lipinski definition) is 0. The Morgan fingerprint density at radius 2 is 1.75 bits per heavy atom. The molecule has 1 aliphatic heterocycles. The zero-order valence-electron chi connectivity index (χ0n) is 11.6. The molecule has 0 radical (unpaired) electrons. The molecule has 0 spiro atoms. The maximum Gasteiger partial charge on any atom is 0.442 e. The normalized spacial score (nSPS) is 25.0. The summed E-state index contributed by atoms with van der Waals surface area (Å²) in [6.45, 7) is 3.95. The van der Waals surface area contributed by atoms with Crippen LogP contribution in [0.5, 0.6) is 0 Å². The third-order valence-corrected chi connectivity index (χ3v) is 9.45. The summed E-state index contributed by atoms with van der Waals surface area (Å²) in [6.07, 6.45) is 4.68. The van der Waals surface area contributed by atoms with Gasteiger partial charge in [0.1, 0.15) is 0 Å². The minimum absolute atomic E-state index is 0.430. The molecule has 0 saturated heterocycles. The van der Waals surface area contributed by atoms with Crippen molar-refractivity contribution in [2.45, 2.75) is 49.9 Å². The van der Waals surface area contributed by atoms with Crippen LogP contribution in [0.3, 0.4) is 0 Å². The van der Waals surface area contributed by atoms with E-state index in [-0.39, 0.29) is 0 Å². The van der Waals surface area contributed by atoms with Gasteiger partial charge >= 0.3 is 5.51 Å². The largest absolute Gasteiger partial charge is 0.442 e. The number of rotatable bonds is 4. The number of hydrogen-bond donors (Lipinski definition) is 0. The second-order valence-corrected chi connectivity index (χ2v) is 10.4. The molecule has 1 atom stereocenters. The van der Waals surface area contributed by atoms with E-state index in [2.05, 4.69) is 14.8 Å². The summed E-state index contributed by atoms with van der Waals surface area (Å²) in [5.74, 6) is 0. The molecule has 0 amide bonds. The van der Waals surface area contributed by atoms with Gasteiger partial charge in [-0.25, -0.2) is 0 Å². The van der Waals surface area contributed by atoms with E-state index in [0.29, 0.717) is 16.2 Å². The Bertz CT molecular complexity index is 536. The molecule has 0 saturated carbocycles. The Morgan fingerprint density at radius 3 is 2.30 bits per heavy atom. The molecule has 1 aliphatic rings. The van der Waals surface area contributed by atoms with Crippen molar-refractivity contribution in [3.63, 3.8) is 0 Å². The van der Waals surface area contributed by atoms with E-state index in [1.54, 1.807) is 12.1 Å². The van der Waals surface area contributed by atoms with Crippen LogP contribution in [0.4, 0.5) is 13.2 Å². The zero-order valence-corrected chi connectivity index (χ0v) is 14.0. The molecule has 0 fully saturated rings. The number of fused-ring (bicyclic) bond motifs is 1. The summed E-state index contributed by atoms with van der Waals surface area (Å²) in [4.78, 5) is 0.926. The highest BCUT2D eigenvalue weighted by molar-refractivity contribution is 9.59. The van der Waals surface area contributed by atoms with Gasteiger partial charge in [-0.3, -0.25) is 0 Å². The number of aryl methyl sites for hydroxylation is 1. The number of alkyl halides is 3. The predicted molar refractivity (Wildman–Crippen MR) is 84.2 cm³/mol. The van der Waals surface area contributed by atoms with E-state index >= 15 is 0 Å². The molecule has 1 aromatic carbocycles. The fraction of sp³-hybridized carbons (Fsp3) is 0.467. The highest BCUT2D eigenvalue weighted by Gasteiger charge is 2.54. The Kier molecular flexibility index (Phi) is 4.59. The first kappa shape index (κ1) is 16.0. The zero-order chi connectivity index (χ0) is 15.0. The molecule has 20 heavy (non-hydrogen) atoms. The summed E-state index contributed by atoms with van der Waals surface area (Å²) in [6, 6.07) is 5.52. The molecule has 0 aromatic heterocycles. The maximum absolute atomic E-state index is 13.7. The van der Waals surface area contributed by atoms with Crippen LogP contribution in [-0.4, -0.2) is 5.51 Å². The first-order chi connectivity index (χ1) is 9.34. The lowest BCUT2D eigenvalue weighted by Crippen LogP contribution is -2.16. The molecule has 2 rings (SSSR count). The van der Waals surface area contributed by atoms with Gasteiger partial charge in [-0.1, -0.05) is 38.8 Å². The summed E-state index contributed by atoms with van der Waals surface area (Å²) >= 11 is 3.11. The molecule has 0 aliphatic carbocycles. The van der Waals surface area contributed by atoms with E-state index in [4.69, 9.17) is 0 Å². The average Bonchev–Trinajstić information content (AvgIpc) is 2.65. The van der Waals surface area contributed by atoms with Crippen molar-refractivity contribution >= 4 is 29.4 Å². The fourth-order valence-corrected chi connectivity index (χ4v) is 6.49. The minimum atomic E-state index is -4.25. The summed E-state index contributed by atoms with van der Waals surface area (Å²) < 4.78 is 41.0. The van der Waals surface area contributed by atoms with Crippen molar-refractivity contribution in [3.8, 4) is 0 Å². The smallest absolute Gasteiger partial charge is 0.160 e. The molecule has 1 unspecified atom stereocenters. The lowest BCUT2D eigenvalue weighted by atomic mass is 10.1. The van der Waals surface area contributed by atoms with Gasteiger partial charge in [-0.2, -0.15) is 13.2 Å². The fourth-order valence-electron chi connectivity index (χ4n) is 2.51. The van der Waals surface area contributed by atoms with Gasteiger partial charge in [0.2, 0.25) is 0 Å². The van der Waals surface area contributed by atoms with Crippen LogP contribution in [0.25, 0.3) is 6.08 Å².